The summed E-state index contributed by atoms with van der Waals surface area (Å²) in [6.07, 6.45) is 2.43. The minimum atomic E-state index is 0.0312. The highest BCUT2D eigenvalue weighted by Gasteiger charge is 2.04. The first-order valence-electron chi connectivity index (χ1n) is 3.00. The Hall–Kier alpha value is -0.830. The largest absolute Gasteiger partial charge is 0.364 e. The van der Waals surface area contributed by atoms with Gasteiger partial charge in [0.2, 0.25) is 0 Å². The van der Waals surface area contributed by atoms with Gasteiger partial charge in [-0.3, -0.25) is 0 Å². The fraction of sp³-hybridized carbons (Fsp3) is 0.500. The summed E-state index contributed by atoms with van der Waals surface area (Å²) in [5, 5.41) is 3.69. The first kappa shape index (κ1) is 6.29. The van der Waals surface area contributed by atoms with Crippen LogP contribution in [0.1, 0.15) is 25.1 Å². The van der Waals surface area contributed by atoms with Gasteiger partial charge in [-0.25, -0.2) is 0 Å². The number of rotatable bonds is 2. The minimum absolute atomic E-state index is 0.0312. The van der Waals surface area contributed by atoms with Gasteiger partial charge in [0, 0.05) is 6.07 Å². The molecule has 0 aliphatic rings. The van der Waals surface area contributed by atoms with E-state index in [4.69, 9.17) is 5.73 Å². The fourth-order valence-corrected chi connectivity index (χ4v) is 0.622. The summed E-state index contributed by atoms with van der Waals surface area (Å²) in [7, 11) is 0. The van der Waals surface area contributed by atoms with Crippen molar-refractivity contribution in [2.24, 2.45) is 5.73 Å². The van der Waals surface area contributed by atoms with Gasteiger partial charge < -0.3 is 10.3 Å². The molecule has 0 fully saturated rings. The maximum Gasteiger partial charge on any atom is 0.124 e. The molecule has 1 atom stereocenters. The van der Waals surface area contributed by atoms with E-state index in [1.165, 1.54) is 6.26 Å². The lowest BCUT2D eigenvalue weighted by Gasteiger charge is -2.00. The number of nitrogens with two attached hydrogens (primary N) is 1. The van der Waals surface area contributed by atoms with Crippen LogP contribution in [0.3, 0.4) is 0 Å². The maximum absolute atomic E-state index is 5.62. The van der Waals surface area contributed by atoms with Gasteiger partial charge in [-0.2, -0.15) is 0 Å². The Kier molecular flexibility index (Phi) is 1.85. The van der Waals surface area contributed by atoms with Crippen molar-refractivity contribution in [2.75, 3.05) is 0 Å². The third-order valence-corrected chi connectivity index (χ3v) is 1.28. The maximum atomic E-state index is 5.62. The first-order valence-corrected chi connectivity index (χ1v) is 3.00. The van der Waals surface area contributed by atoms with E-state index < -0.39 is 0 Å². The molecular formula is C6H10N2O. The highest BCUT2D eigenvalue weighted by Crippen LogP contribution is 2.08. The molecule has 0 radical (unpaired) electrons. The molecule has 0 amide bonds. The SMILES string of the molecule is CCC(N)c1ccon1. The van der Waals surface area contributed by atoms with Crippen LogP contribution in [0.25, 0.3) is 0 Å². The number of hydrogen-bond acceptors (Lipinski definition) is 3. The molecule has 1 unspecified atom stereocenters. The van der Waals surface area contributed by atoms with Crippen LogP contribution in [0.4, 0.5) is 0 Å². The Labute approximate surface area is 53.8 Å². The summed E-state index contributed by atoms with van der Waals surface area (Å²) in [4.78, 5) is 0. The zero-order valence-corrected chi connectivity index (χ0v) is 5.37. The van der Waals surface area contributed by atoms with Crippen LogP contribution < -0.4 is 5.73 Å². The van der Waals surface area contributed by atoms with Crippen LogP contribution in [-0.2, 0) is 0 Å². The lowest BCUT2D eigenvalue weighted by Crippen LogP contribution is -2.08. The Bertz CT molecular complexity index is 160. The molecule has 3 heteroatoms. The minimum Gasteiger partial charge on any atom is -0.364 e. The zero-order valence-electron chi connectivity index (χ0n) is 5.37. The predicted octanol–water partition coefficient (Wildman–Crippen LogP) is 1.08. The van der Waals surface area contributed by atoms with E-state index in [2.05, 4.69) is 9.68 Å². The summed E-state index contributed by atoms with van der Waals surface area (Å²) in [6, 6.07) is 1.82. The smallest absolute Gasteiger partial charge is 0.124 e. The average molecular weight is 126 g/mol. The van der Waals surface area contributed by atoms with Gasteiger partial charge in [-0.05, 0) is 6.42 Å². The van der Waals surface area contributed by atoms with Gasteiger partial charge >= 0.3 is 0 Å². The summed E-state index contributed by atoms with van der Waals surface area (Å²) in [5.41, 5.74) is 6.45. The Balaban J connectivity index is 2.65. The average Bonchev–Trinajstić information content (AvgIpc) is 2.37. The molecule has 1 heterocycles. The molecular weight excluding hydrogens is 116 g/mol. The van der Waals surface area contributed by atoms with Gasteiger partial charge in [0.15, 0.2) is 0 Å². The third-order valence-electron chi connectivity index (χ3n) is 1.28. The van der Waals surface area contributed by atoms with Gasteiger partial charge in [-0.15, -0.1) is 0 Å². The van der Waals surface area contributed by atoms with E-state index in [0.717, 1.165) is 12.1 Å². The quantitative estimate of drug-likeness (QED) is 0.645. The van der Waals surface area contributed by atoms with Crippen LogP contribution >= 0.6 is 0 Å². The molecule has 2 N–H and O–H groups in total. The highest BCUT2D eigenvalue weighted by molar-refractivity contribution is 5.00. The van der Waals surface area contributed by atoms with Crippen LogP contribution in [0.15, 0.2) is 16.9 Å². The van der Waals surface area contributed by atoms with Crippen molar-refractivity contribution in [1.29, 1.82) is 0 Å². The molecule has 0 spiro atoms. The second-order valence-electron chi connectivity index (χ2n) is 1.94. The molecule has 0 aliphatic heterocycles. The highest BCUT2D eigenvalue weighted by atomic mass is 16.5. The van der Waals surface area contributed by atoms with Crippen LogP contribution in [-0.4, -0.2) is 5.16 Å². The molecule has 0 aromatic carbocycles. The van der Waals surface area contributed by atoms with Crippen LogP contribution in [0, 0.1) is 0 Å². The summed E-state index contributed by atoms with van der Waals surface area (Å²) < 4.78 is 4.61. The molecule has 0 bridgehead atoms. The van der Waals surface area contributed by atoms with Crippen molar-refractivity contribution >= 4 is 0 Å². The third kappa shape index (κ3) is 1.29. The standard InChI is InChI=1S/C6H10N2O/c1-2-5(7)6-3-4-9-8-6/h3-5H,2,7H2,1H3. The molecule has 1 aromatic heterocycles. The lowest BCUT2D eigenvalue weighted by molar-refractivity contribution is 0.404. The Morgan fingerprint density at radius 1 is 1.89 bits per heavy atom. The van der Waals surface area contributed by atoms with Crippen molar-refractivity contribution in [3.63, 3.8) is 0 Å². The van der Waals surface area contributed by atoms with Crippen molar-refractivity contribution < 1.29 is 4.52 Å². The molecule has 0 aliphatic carbocycles. The number of nitrogens with zero attached hydrogens (tertiary/aromatic N) is 1. The van der Waals surface area contributed by atoms with Crippen molar-refractivity contribution in [3.8, 4) is 0 Å². The van der Waals surface area contributed by atoms with Gasteiger partial charge in [0.25, 0.3) is 0 Å². The summed E-state index contributed by atoms with van der Waals surface area (Å²) >= 11 is 0. The van der Waals surface area contributed by atoms with Crippen LogP contribution in [0.5, 0.6) is 0 Å². The van der Waals surface area contributed by atoms with E-state index in [1.54, 1.807) is 6.07 Å². The fourth-order valence-electron chi connectivity index (χ4n) is 0.622. The molecule has 1 aromatic rings. The van der Waals surface area contributed by atoms with Crippen molar-refractivity contribution in [3.05, 3.63) is 18.0 Å². The monoisotopic (exact) mass is 126 g/mol. The lowest BCUT2D eigenvalue weighted by atomic mass is 10.2. The Morgan fingerprint density at radius 3 is 3.11 bits per heavy atom. The van der Waals surface area contributed by atoms with Crippen molar-refractivity contribution in [1.82, 2.24) is 5.16 Å². The van der Waals surface area contributed by atoms with Crippen molar-refractivity contribution in [2.45, 2.75) is 19.4 Å². The summed E-state index contributed by atoms with van der Waals surface area (Å²) in [6.45, 7) is 2.01. The molecule has 9 heavy (non-hydrogen) atoms. The molecule has 50 valence electrons. The number of hydrogen-bond donors (Lipinski definition) is 1. The number of aromatic nitrogens is 1. The van der Waals surface area contributed by atoms with Gasteiger partial charge in [-0.1, -0.05) is 12.1 Å². The van der Waals surface area contributed by atoms with E-state index in [-0.39, 0.29) is 6.04 Å². The Morgan fingerprint density at radius 2 is 2.67 bits per heavy atom. The molecule has 3 nitrogen and oxygen atoms in total. The van der Waals surface area contributed by atoms with Gasteiger partial charge in [0.1, 0.15) is 12.0 Å². The second-order valence-corrected chi connectivity index (χ2v) is 1.94. The molecule has 0 saturated heterocycles. The van der Waals surface area contributed by atoms with E-state index >= 15 is 0 Å². The normalized spacial score (nSPS) is 13.6. The first-order chi connectivity index (χ1) is 4.34. The summed E-state index contributed by atoms with van der Waals surface area (Å²) in [5.74, 6) is 0. The molecule has 0 saturated carbocycles. The zero-order chi connectivity index (χ0) is 6.69. The second kappa shape index (κ2) is 2.64. The van der Waals surface area contributed by atoms with E-state index in [0.29, 0.717) is 0 Å². The molecule has 1 rings (SSSR count). The van der Waals surface area contributed by atoms with Gasteiger partial charge in [0.05, 0.1) is 6.04 Å². The predicted molar refractivity (Wildman–Crippen MR) is 33.7 cm³/mol. The van der Waals surface area contributed by atoms with E-state index in [1.807, 2.05) is 6.92 Å². The van der Waals surface area contributed by atoms with E-state index in [9.17, 15) is 0 Å². The topological polar surface area (TPSA) is 52.0 Å². The van der Waals surface area contributed by atoms with Crippen LogP contribution in [0.2, 0.25) is 0 Å².